The Morgan fingerprint density at radius 2 is 1.53 bits per heavy atom. The molecule has 0 heterocycles. The molecule has 1 nitrogen and oxygen atoms in total. The van der Waals surface area contributed by atoms with Crippen LogP contribution in [-0.2, 0) is 0 Å². The van der Waals surface area contributed by atoms with Crippen molar-refractivity contribution in [2.75, 3.05) is 0 Å². The molecule has 0 radical (unpaired) electrons. The lowest BCUT2D eigenvalue weighted by molar-refractivity contribution is 0.103. The maximum absolute atomic E-state index is 13.5. The highest BCUT2D eigenvalue weighted by Crippen LogP contribution is 2.24. The zero-order valence-corrected chi connectivity index (χ0v) is 10.8. The van der Waals surface area contributed by atoms with Gasteiger partial charge in [0.1, 0.15) is 5.82 Å². The van der Waals surface area contributed by atoms with E-state index in [1.165, 1.54) is 0 Å². The lowest BCUT2D eigenvalue weighted by atomic mass is 10.0. The number of carbonyl (C=O) groups is 1. The molecule has 0 aliphatic heterocycles. The quantitative estimate of drug-likeness (QED) is 0.457. The zero-order chi connectivity index (χ0) is 14.2. The summed E-state index contributed by atoms with van der Waals surface area (Å²) in [6.45, 7) is 0. The van der Waals surface area contributed by atoms with Crippen molar-refractivity contribution in [1.82, 2.24) is 0 Å². The van der Waals surface area contributed by atoms with E-state index in [0.717, 1.165) is 24.3 Å². The van der Waals surface area contributed by atoms with Crippen LogP contribution in [0.1, 0.15) is 15.9 Å². The summed E-state index contributed by atoms with van der Waals surface area (Å²) in [5.41, 5.74) is -0.669. The van der Waals surface area contributed by atoms with Crippen LogP contribution in [0, 0.1) is 23.3 Å². The lowest BCUT2D eigenvalue weighted by Crippen LogP contribution is -2.08. The maximum atomic E-state index is 13.5. The fraction of sp³-hybridized carbons (Fsp3) is 0. The van der Waals surface area contributed by atoms with Crippen molar-refractivity contribution in [3.05, 3.63) is 69.2 Å². The highest BCUT2D eigenvalue weighted by molar-refractivity contribution is 9.10. The smallest absolute Gasteiger partial charge is 0.197 e. The SMILES string of the molecule is O=C(c1ccc(F)cc1Br)c1ccc(F)c(F)c1F. The third-order valence-electron chi connectivity index (χ3n) is 2.46. The predicted molar refractivity (Wildman–Crippen MR) is 63.8 cm³/mol. The predicted octanol–water partition coefficient (Wildman–Crippen LogP) is 4.24. The molecule has 0 bridgehead atoms. The third kappa shape index (κ3) is 2.53. The van der Waals surface area contributed by atoms with Crippen LogP contribution in [0.3, 0.4) is 0 Å². The summed E-state index contributed by atoms with van der Waals surface area (Å²) >= 11 is 2.95. The summed E-state index contributed by atoms with van der Waals surface area (Å²) in [5, 5.41) is 0. The highest BCUT2D eigenvalue weighted by atomic mass is 79.9. The van der Waals surface area contributed by atoms with Gasteiger partial charge in [-0.25, -0.2) is 17.6 Å². The van der Waals surface area contributed by atoms with Crippen LogP contribution in [0.15, 0.2) is 34.8 Å². The van der Waals surface area contributed by atoms with Crippen molar-refractivity contribution in [3.63, 3.8) is 0 Å². The van der Waals surface area contributed by atoms with Gasteiger partial charge in [-0.05, 0) is 46.3 Å². The summed E-state index contributed by atoms with van der Waals surface area (Å²) in [6.07, 6.45) is 0. The van der Waals surface area contributed by atoms with Crippen LogP contribution in [0.25, 0.3) is 0 Å². The summed E-state index contributed by atoms with van der Waals surface area (Å²) in [6, 6.07) is 4.65. The second-order valence-corrected chi connectivity index (χ2v) is 4.53. The number of hydrogen-bond acceptors (Lipinski definition) is 1. The van der Waals surface area contributed by atoms with Gasteiger partial charge < -0.3 is 0 Å². The van der Waals surface area contributed by atoms with Crippen LogP contribution >= 0.6 is 15.9 Å². The van der Waals surface area contributed by atoms with E-state index in [-0.39, 0.29) is 10.0 Å². The summed E-state index contributed by atoms with van der Waals surface area (Å²) in [7, 11) is 0. The number of rotatable bonds is 2. The molecule has 0 unspecified atom stereocenters. The average Bonchev–Trinajstić information content (AvgIpc) is 2.35. The van der Waals surface area contributed by atoms with E-state index in [4.69, 9.17) is 0 Å². The molecule has 98 valence electrons. The number of halogens is 5. The third-order valence-corrected chi connectivity index (χ3v) is 3.11. The van der Waals surface area contributed by atoms with Crippen molar-refractivity contribution >= 4 is 21.7 Å². The molecule has 2 aromatic carbocycles. The molecule has 19 heavy (non-hydrogen) atoms. The Bertz CT molecular complexity index is 670. The van der Waals surface area contributed by atoms with Crippen LogP contribution in [-0.4, -0.2) is 5.78 Å². The van der Waals surface area contributed by atoms with E-state index in [2.05, 4.69) is 15.9 Å². The molecule has 0 aliphatic rings. The van der Waals surface area contributed by atoms with Gasteiger partial charge in [0.15, 0.2) is 23.2 Å². The molecule has 0 saturated carbocycles. The van der Waals surface area contributed by atoms with Crippen LogP contribution in [0.5, 0.6) is 0 Å². The summed E-state index contributed by atoms with van der Waals surface area (Å²) < 4.78 is 52.3. The Hall–Kier alpha value is -1.69. The van der Waals surface area contributed by atoms with Gasteiger partial charge in [0.2, 0.25) is 0 Å². The Morgan fingerprint density at radius 1 is 0.895 bits per heavy atom. The Morgan fingerprint density at radius 3 is 2.16 bits per heavy atom. The van der Waals surface area contributed by atoms with Crippen molar-refractivity contribution in [2.45, 2.75) is 0 Å². The normalized spacial score (nSPS) is 10.6. The first-order valence-electron chi connectivity index (χ1n) is 5.05. The minimum absolute atomic E-state index is 0.0497. The summed E-state index contributed by atoms with van der Waals surface area (Å²) in [5.74, 6) is -6.13. The number of benzene rings is 2. The molecule has 0 spiro atoms. The zero-order valence-electron chi connectivity index (χ0n) is 9.18. The van der Waals surface area contributed by atoms with Gasteiger partial charge in [-0.3, -0.25) is 4.79 Å². The van der Waals surface area contributed by atoms with Crippen LogP contribution in [0.4, 0.5) is 17.6 Å². The summed E-state index contributed by atoms with van der Waals surface area (Å²) in [4.78, 5) is 12.0. The van der Waals surface area contributed by atoms with E-state index in [1.54, 1.807) is 0 Å². The second kappa shape index (κ2) is 5.13. The van der Waals surface area contributed by atoms with E-state index in [0.29, 0.717) is 6.07 Å². The Kier molecular flexibility index (Phi) is 3.71. The number of hydrogen-bond donors (Lipinski definition) is 0. The van der Waals surface area contributed by atoms with Crippen LogP contribution in [0.2, 0.25) is 0 Å². The monoisotopic (exact) mass is 332 g/mol. The van der Waals surface area contributed by atoms with E-state index in [1.807, 2.05) is 0 Å². The molecule has 0 fully saturated rings. The molecule has 6 heteroatoms. The Balaban J connectivity index is 2.53. The van der Waals surface area contributed by atoms with Crippen molar-refractivity contribution < 1.29 is 22.4 Å². The van der Waals surface area contributed by atoms with Gasteiger partial charge in [-0.1, -0.05) is 0 Å². The number of ketones is 1. The molecule has 0 amide bonds. The standard InChI is InChI=1S/C13H5BrF4O/c14-9-5-6(15)1-2-7(9)13(19)8-3-4-10(16)12(18)11(8)17/h1-5H. The van der Waals surface area contributed by atoms with E-state index < -0.39 is 34.6 Å². The number of carbonyl (C=O) groups excluding carboxylic acids is 1. The fourth-order valence-electron chi connectivity index (χ4n) is 1.52. The van der Waals surface area contributed by atoms with Gasteiger partial charge in [0.25, 0.3) is 0 Å². The van der Waals surface area contributed by atoms with E-state index in [9.17, 15) is 22.4 Å². The topological polar surface area (TPSA) is 17.1 Å². The minimum Gasteiger partial charge on any atom is -0.288 e. The average molecular weight is 333 g/mol. The highest BCUT2D eigenvalue weighted by Gasteiger charge is 2.21. The lowest BCUT2D eigenvalue weighted by Gasteiger charge is -2.06. The first-order valence-corrected chi connectivity index (χ1v) is 5.84. The van der Waals surface area contributed by atoms with Gasteiger partial charge in [0.05, 0.1) is 5.56 Å². The van der Waals surface area contributed by atoms with Gasteiger partial charge in [-0.15, -0.1) is 0 Å². The first kappa shape index (κ1) is 13.7. The fourth-order valence-corrected chi connectivity index (χ4v) is 2.05. The second-order valence-electron chi connectivity index (χ2n) is 3.68. The van der Waals surface area contributed by atoms with Crippen molar-refractivity contribution in [2.24, 2.45) is 0 Å². The van der Waals surface area contributed by atoms with Gasteiger partial charge in [0, 0.05) is 10.0 Å². The largest absolute Gasteiger partial charge is 0.288 e. The van der Waals surface area contributed by atoms with Crippen LogP contribution < -0.4 is 0 Å². The molecule has 0 atom stereocenters. The Labute approximate surface area is 114 Å². The molecular formula is C13H5BrF4O. The molecule has 0 aromatic heterocycles. The molecule has 2 rings (SSSR count). The molecule has 0 aliphatic carbocycles. The first-order chi connectivity index (χ1) is 8.91. The minimum atomic E-state index is -1.72. The molecule has 0 N–H and O–H groups in total. The maximum Gasteiger partial charge on any atom is 0.197 e. The van der Waals surface area contributed by atoms with Gasteiger partial charge in [-0.2, -0.15) is 0 Å². The van der Waals surface area contributed by atoms with Gasteiger partial charge >= 0.3 is 0 Å². The molecule has 2 aromatic rings. The van der Waals surface area contributed by atoms with Crippen molar-refractivity contribution in [1.29, 1.82) is 0 Å². The molecular weight excluding hydrogens is 328 g/mol. The van der Waals surface area contributed by atoms with Crippen molar-refractivity contribution in [3.8, 4) is 0 Å². The van der Waals surface area contributed by atoms with E-state index >= 15 is 0 Å². The molecule has 0 saturated heterocycles.